The molecule has 0 aliphatic heterocycles. The maximum atomic E-state index is 11.8. The maximum absolute atomic E-state index is 11.8. The zero-order valence-corrected chi connectivity index (χ0v) is 13.2. The van der Waals surface area contributed by atoms with Crippen LogP contribution in [0.1, 0.15) is 49.9 Å². The van der Waals surface area contributed by atoms with E-state index in [-0.39, 0.29) is 5.97 Å². The largest absolute Gasteiger partial charge is 0.462 e. The van der Waals surface area contributed by atoms with Crippen LogP contribution in [-0.4, -0.2) is 28.3 Å². The van der Waals surface area contributed by atoms with E-state index in [4.69, 9.17) is 4.74 Å². The highest BCUT2D eigenvalue weighted by atomic mass is 16.5. The van der Waals surface area contributed by atoms with Crippen LogP contribution in [0.3, 0.4) is 0 Å². The second kappa shape index (κ2) is 6.38. The van der Waals surface area contributed by atoms with E-state index in [1.54, 1.807) is 13.1 Å². The molecular weight excluding hydrogens is 278 g/mol. The number of nitrogens with one attached hydrogen (secondary N) is 1. The quantitative estimate of drug-likeness (QED) is 0.880. The van der Waals surface area contributed by atoms with Crippen molar-refractivity contribution in [3.63, 3.8) is 0 Å². The number of rotatable bonds is 4. The Labute approximate surface area is 130 Å². The van der Waals surface area contributed by atoms with Crippen LogP contribution < -0.4 is 5.43 Å². The molecule has 1 saturated carbocycles. The van der Waals surface area contributed by atoms with Crippen molar-refractivity contribution in [1.29, 1.82) is 0 Å². The number of nitrogens with zero attached hydrogens (tertiary/aromatic N) is 2. The molecule has 1 aliphatic carbocycles. The molecule has 1 aliphatic rings. The highest BCUT2D eigenvalue weighted by molar-refractivity contribution is 5.93. The van der Waals surface area contributed by atoms with Crippen molar-refractivity contribution in [3.05, 3.63) is 30.1 Å². The van der Waals surface area contributed by atoms with Gasteiger partial charge in [0.15, 0.2) is 5.65 Å². The van der Waals surface area contributed by atoms with Crippen LogP contribution in [-0.2, 0) is 4.74 Å². The topological polar surface area (TPSA) is 56.1 Å². The minimum absolute atomic E-state index is 0.321. The van der Waals surface area contributed by atoms with Crippen molar-refractivity contribution >= 4 is 17.0 Å². The molecule has 2 aromatic rings. The Hall–Kier alpha value is -2.04. The Balaban J connectivity index is 1.81. The van der Waals surface area contributed by atoms with Crippen molar-refractivity contribution in [2.24, 2.45) is 5.92 Å². The number of ether oxygens (including phenoxy) is 1. The third-order valence-electron chi connectivity index (χ3n) is 4.45. The van der Waals surface area contributed by atoms with Gasteiger partial charge in [0, 0.05) is 23.8 Å². The van der Waals surface area contributed by atoms with Crippen molar-refractivity contribution in [1.82, 2.24) is 9.66 Å². The first kappa shape index (κ1) is 14.9. The first-order chi connectivity index (χ1) is 10.7. The van der Waals surface area contributed by atoms with Crippen LogP contribution in [0.5, 0.6) is 0 Å². The van der Waals surface area contributed by atoms with Gasteiger partial charge in [-0.25, -0.2) is 14.5 Å². The van der Waals surface area contributed by atoms with E-state index in [0.29, 0.717) is 24.1 Å². The summed E-state index contributed by atoms with van der Waals surface area (Å²) < 4.78 is 7.00. The molecule has 2 heterocycles. The van der Waals surface area contributed by atoms with E-state index >= 15 is 0 Å². The molecule has 22 heavy (non-hydrogen) atoms. The van der Waals surface area contributed by atoms with E-state index < -0.39 is 0 Å². The first-order valence-electron chi connectivity index (χ1n) is 8.10. The van der Waals surface area contributed by atoms with Crippen LogP contribution in [0.15, 0.2) is 24.5 Å². The van der Waals surface area contributed by atoms with E-state index in [1.807, 2.05) is 23.0 Å². The van der Waals surface area contributed by atoms with Crippen LogP contribution in [0.25, 0.3) is 11.0 Å². The number of carbonyl (C=O) groups excluding carboxylic acids is 1. The summed E-state index contributed by atoms with van der Waals surface area (Å²) >= 11 is 0. The SMILES string of the molecule is CCOC(=O)c1cnc2c(ccn2N[C@H]2CCCC[C@H]2C)c1. The molecule has 1 N–H and O–H groups in total. The minimum atomic E-state index is -0.321. The Morgan fingerprint density at radius 1 is 1.45 bits per heavy atom. The van der Waals surface area contributed by atoms with Gasteiger partial charge in [-0.2, -0.15) is 0 Å². The first-order valence-corrected chi connectivity index (χ1v) is 8.10. The summed E-state index contributed by atoms with van der Waals surface area (Å²) in [6.07, 6.45) is 8.64. The Bertz CT molecular complexity index is 665. The molecule has 0 bridgehead atoms. The van der Waals surface area contributed by atoms with Gasteiger partial charge in [-0.15, -0.1) is 0 Å². The molecule has 0 amide bonds. The molecular formula is C17H23N3O2. The molecule has 3 rings (SSSR count). The number of pyridine rings is 1. The van der Waals surface area contributed by atoms with Gasteiger partial charge in [0.2, 0.25) is 0 Å². The zero-order valence-electron chi connectivity index (χ0n) is 13.2. The van der Waals surface area contributed by atoms with Crippen molar-refractivity contribution in [3.8, 4) is 0 Å². The van der Waals surface area contributed by atoms with Crippen LogP contribution in [0, 0.1) is 5.92 Å². The minimum Gasteiger partial charge on any atom is -0.462 e. The summed E-state index contributed by atoms with van der Waals surface area (Å²) in [4.78, 5) is 16.2. The fourth-order valence-corrected chi connectivity index (χ4v) is 3.14. The van der Waals surface area contributed by atoms with Gasteiger partial charge < -0.3 is 10.2 Å². The Kier molecular flexibility index (Phi) is 4.32. The number of esters is 1. The molecule has 5 nitrogen and oxygen atoms in total. The number of carbonyl (C=O) groups is 1. The van der Waals surface area contributed by atoms with E-state index in [0.717, 1.165) is 11.0 Å². The molecule has 1 fully saturated rings. The lowest BCUT2D eigenvalue weighted by molar-refractivity contribution is 0.0526. The number of aromatic nitrogens is 2. The number of hydrogen-bond donors (Lipinski definition) is 1. The second-order valence-electron chi connectivity index (χ2n) is 6.04. The lowest BCUT2D eigenvalue weighted by Gasteiger charge is -2.30. The van der Waals surface area contributed by atoms with Gasteiger partial charge in [-0.1, -0.05) is 19.8 Å². The molecule has 2 aromatic heterocycles. The van der Waals surface area contributed by atoms with Gasteiger partial charge in [-0.3, -0.25) is 0 Å². The van der Waals surface area contributed by atoms with E-state index in [2.05, 4.69) is 17.3 Å². The van der Waals surface area contributed by atoms with E-state index in [9.17, 15) is 4.79 Å². The summed E-state index contributed by atoms with van der Waals surface area (Å²) in [7, 11) is 0. The molecule has 5 heteroatoms. The third-order valence-corrected chi connectivity index (χ3v) is 4.45. The fourth-order valence-electron chi connectivity index (χ4n) is 3.14. The highest BCUT2D eigenvalue weighted by Gasteiger charge is 2.21. The number of hydrogen-bond acceptors (Lipinski definition) is 4. The van der Waals surface area contributed by atoms with Crippen molar-refractivity contribution in [2.75, 3.05) is 12.0 Å². The molecule has 0 aromatic carbocycles. The van der Waals surface area contributed by atoms with Gasteiger partial charge in [0.1, 0.15) is 0 Å². The van der Waals surface area contributed by atoms with Crippen LogP contribution >= 0.6 is 0 Å². The normalized spacial score (nSPS) is 21.7. The lowest BCUT2D eigenvalue weighted by Crippen LogP contribution is -2.35. The Morgan fingerprint density at radius 2 is 2.27 bits per heavy atom. The molecule has 0 radical (unpaired) electrons. The molecule has 2 atom stereocenters. The lowest BCUT2D eigenvalue weighted by atomic mass is 9.86. The molecule has 0 saturated heterocycles. The van der Waals surface area contributed by atoms with Gasteiger partial charge in [0.25, 0.3) is 0 Å². The maximum Gasteiger partial charge on any atom is 0.339 e. The van der Waals surface area contributed by atoms with Gasteiger partial charge in [-0.05, 0) is 37.8 Å². The summed E-state index contributed by atoms with van der Waals surface area (Å²) in [5.41, 5.74) is 4.92. The van der Waals surface area contributed by atoms with Crippen LogP contribution in [0.4, 0.5) is 0 Å². The zero-order chi connectivity index (χ0) is 15.5. The second-order valence-corrected chi connectivity index (χ2v) is 6.04. The summed E-state index contributed by atoms with van der Waals surface area (Å²) in [6.45, 7) is 4.48. The van der Waals surface area contributed by atoms with Crippen molar-refractivity contribution in [2.45, 2.75) is 45.6 Å². The molecule has 0 spiro atoms. The molecule has 0 unspecified atom stereocenters. The third kappa shape index (κ3) is 2.93. The highest BCUT2D eigenvalue weighted by Crippen LogP contribution is 2.25. The van der Waals surface area contributed by atoms with Crippen molar-refractivity contribution < 1.29 is 9.53 Å². The number of fused-ring (bicyclic) bond motifs is 1. The fraction of sp³-hybridized carbons (Fsp3) is 0.529. The average molecular weight is 301 g/mol. The average Bonchev–Trinajstić information content (AvgIpc) is 2.92. The predicted octanol–water partition coefficient (Wildman–Crippen LogP) is 3.34. The Morgan fingerprint density at radius 3 is 3.05 bits per heavy atom. The molecule has 118 valence electrons. The monoisotopic (exact) mass is 301 g/mol. The van der Waals surface area contributed by atoms with Gasteiger partial charge >= 0.3 is 5.97 Å². The summed E-state index contributed by atoms with van der Waals surface area (Å²) in [6, 6.07) is 4.30. The van der Waals surface area contributed by atoms with E-state index in [1.165, 1.54) is 25.7 Å². The predicted molar refractivity (Wildman–Crippen MR) is 86.5 cm³/mol. The van der Waals surface area contributed by atoms with Gasteiger partial charge in [0.05, 0.1) is 12.2 Å². The van der Waals surface area contributed by atoms with Crippen LogP contribution in [0.2, 0.25) is 0 Å². The summed E-state index contributed by atoms with van der Waals surface area (Å²) in [5, 5.41) is 0.946. The standard InChI is InChI=1S/C17H23N3O2/c1-3-22-17(21)14-10-13-8-9-20(16(13)18-11-14)19-15-7-5-4-6-12(15)2/h8-12,15,19H,3-7H2,1-2H3/t12-,15+/m1/s1. The smallest absolute Gasteiger partial charge is 0.339 e. The summed E-state index contributed by atoms with van der Waals surface area (Å²) in [5.74, 6) is 0.350.